The van der Waals surface area contributed by atoms with Crippen LogP contribution < -0.4 is 0 Å². The third-order valence-electron chi connectivity index (χ3n) is 5.01. The molecular formula is C23H19F2NO2. The maximum absolute atomic E-state index is 14.1. The Morgan fingerprint density at radius 1 is 0.857 bits per heavy atom. The van der Waals surface area contributed by atoms with E-state index in [0.29, 0.717) is 11.1 Å². The van der Waals surface area contributed by atoms with Crippen molar-refractivity contribution in [2.75, 3.05) is 13.1 Å². The molecule has 1 heterocycles. The zero-order valence-corrected chi connectivity index (χ0v) is 15.2. The van der Waals surface area contributed by atoms with Gasteiger partial charge in [0, 0.05) is 41.3 Å². The SMILES string of the molecule is O=C1/C(=C/c2ccccc2F)CN(C(=O)C2CC2)C/C1=C\c1ccccc1F. The van der Waals surface area contributed by atoms with Gasteiger partial charge < -0.3 is 4.90 Å². The molecule has 0 radical (unpaired) electrons. The zero-order chi connectivity index (χ0) is 19.7. The Morgan fingerprint density at radius 2 is 1.32 bits per heavy atom. The summed E-state index contributed by atoms with van der Waals surface area (Å²) < 4.78 is 28.1. The summed E-state index contributed by atoms with van der Waals surface area (Å²) in [6.45, 7) is 0.272. The Hall–Kier alpha value is -3.08. The number of carbonyl (C=O) groups is 2. The van der Waals surface area contributed by atoms with Gasteiger partial charge in [-0.05, 0) is 37.1 Å². The number of carbonyl (C=O) groups excluding carboxylic acids is 2. The number of likely N-dealkylation sites (tertiary alicyclic amines) is 1. The highest BCUT2D eigenvalue weighted by atomic mass is 19.1. The van der Waals surface area contributed by atoms with Gasteiger partial charge in [0.15, 0.2) is 5.78 Å². The molecule has 1 saturated heterocycles. The Morgan fingerprint density at radius 3 is 1.75 bits per heavy atom. The molecule has 2 aromatic carbocycles. The fourth-order valence-electron chi connectivity index (χ4n) is 3.34. The highest BCUT2D eigenvalue weighted by Gasteiger charge is 2.37. The summed E-state index contributed by atoms with van der Waals surface area (Å²) in [6.07, 6.45) is 4.67. The van der Waals surface area contributed by atoms with E-state index in [9.17, 15) is 18.4 Å². The first-order valence-corrected chi connectivity index (χ1v) is 9.26. The van der Waals surface area contributed by atoms with Gasteiger partial charge in [-0.15, -0.1) is 0 Å². The number of halogens is 2. The summed E-state index contributed by atoms with van der Waals surface area (Å²) in [6, 6.07) is 12.3. The molecule has 2 fully saturated rings. The molecule has 142 valence electrons. The molecule has 3 nitrogen and oxygen atoms in total. The van der Waals surface area contributed by atoms with Crippen molar-refractivity contribution in [3.05, 3.63) is 82.4 Å². The van der Waals surface area contributed by atoms with E-state index >= 15 is 0 Å². The lowest BCUT2D eigenvalue weighted by Gasteiger charge is -2.30. The van der Waals surface area contributed by atoms with Gasteiger partial charge in [0.1, 0.15) is 11.6 Å². The summed E-state index contributed by atoms with van der Waals surface area (Å²) >= 11 is 0. The maximum atomic E-state index is 14.1. The van der Waals surface area contributed by atoms with Gasteiger partial charge in [0.25, 0.3) is 0 Å². The van der Waals surface area contributed by atoms with E-state index in [2.05, 4.69) is 0 Å². The zero-order valence-electron chi connectivity index (χ0n) is 15.2. The molecule has 0 bridgehead atoms. The smallest absolute Gasteiger partial charge is 0.226 e. The molecular weight excluding hydrogens is 360 g/mol. The van der Waals surface area contributed by atoms with Crippen LogP contribution in [-0.2, 0) is 9.59 Å². The molecule has 1 saturated carbocycles. The molecule has 0 atom stereocenters. The number of piperidine rings is 1. The van der Waals surface area contributed by atoms with Crippen LogP contribution in [0.5, 0.6) is 0 Å². The van der Waals surface area contributed by atoms with Crippen LogP contribution in [0.1, 0.15) is 24.0 Å². The number of nitrogens with zero attached hydrogens (tertiary/aromatic N) is 1. The van der Waals surface area contributed by atoms with Crippen LogP contribution >= 0.6 is 0 Å². The third kappa shape index (κ3) is 3.79. The number of benzene rings is 2. The van der Waals surface area contributed by atoms with Crippen LogP contribution in [0.25, 0.3) is 12.2 Å². The van der Waals surface area contributed by atoms with Crippen molar-refractivity contribution in [1.82, 2.24) is 4.90 Å². The lowest BCUT2D eigenvalue weighted by atomic mass is 9.93. The molecule has 4 rings (SSSR count). The average Bonchev–Trinajstić information content (AvgIpc) is 3.53. The number of hydrogen-bond acceptors (Lipinski definition) is 2. The van der Waals surface area contributed by atoms with E-state index in [1.807, 2.05) is 0 Å². The fraction of sp³-hybridized carbons (Fsp3) is 0.217. The third-order valence-corrected chi connectivity index (χ3v) is 5.01. The van der Waals surface area contributed by atoms with Crippen molar-refractivity contribution < 1.29 is 18.4 Å². The number of amides is 1. The second kappa shape index (κ2) is 7.50. The second-order valence-corrected chi connectivity index (χ2v) is 7.18. The van der Waals surface area contributed by atoms with Crippen LogP contribution in [0.2, 0.25) is 0 Å². The summed E-state index contributed by atoms with van der Waals surface area (Å²) in [4.78, 5) is 27.2. The second-order valence-electron chi connectivity index (χ2n) is 7.18. The molecule has 5 heteroatoms. The van der Waals surface area contributed by atoms with Crippen molar-refractivity contribution in [3.8, 4) is 0 Å². The summed E-state index contributed by atoms with van der Waals surface area (Å²) in [5.74, 6) is -1.17. The van der Waals surface area contributed by atoms with Gasteiger partial charge in [0.2, 0.25) is 5.91 Å². The van der Waals surface area contributed by atoms with E-state index in [0.717, 1.165) is 12.8 Å². The highest BCUT2D eigenvalue weighted by Crippen LogP contribution is 2.33. The number of ketones is 1. The van der Waals surface area contributed by atoms with Crippen LogP contribution in [0, 0.1) is 17.6 Å². The van der Waals surface area contributed by atoms with Gasteiger partial charge in [-0.2, -0.15) is 0 Å². The molecule has 1 amide bonds. The van der Waals surface area contributed by atoms with Crippen LogP contribution in [-0.4, -0.2) is 29.7 Å². The van der Waals surface area contributed by atoms with Crippen molar-refractivity contribution >= 4 is 23.8 Å². The normalized spacial score (nSPS) is 20.1. The predicted octanol–water partition coefficient (Wildman–Crippen LogP) is 4.25. The van der Waals surface area contributed by atoms with Gasteiger partial charge in [-0.3, -0.25) is 9.59 Å². The van der Waals surface area contributed by atoms with Gasteiger partial charge >= 0.3 is 0 Å². The Balaban J connectivity index is 1.73. The van der Waals surface area contributed by atoms with Crippen molar-refractivity contribution in [3.63, 3.8) is 0 Å². The fourth-order valence-corrected chi connectivity index (χ4v) is 3.34. The molecule has 2 aromatic rings. The summed E-state index contributed by atoms with van der Waals surface area (Å²) in [7, 11) is 0. The van der Waals surface area contributed by atoms with E-state index in [-0.39, 0.29) is 41.8 Å². The van der Waals surface area contributed by atoms with Crippen LogP contribution in [0.3, 0.4) is 0 Å². The van der Waals surface area contributed by atoms with E-state index in [4.69, 9.17) is 0 Å². The van der Waals surface area contributed by atoms with Crippen LogP contribution in [0.15, 0.2) is 59.7 Å². The van der Waals surface area contributed by atoms with Gasteiger partial charge in [0.05, 0.1) is 0 Å². The monoisotopic (exact) mass is 379 g/mol. The van der Waals surface area contributed by atoms with Gasteiger partial charge in [-0.1, -0.05) is 36.4 Å². The molecule has 28 heavy (non-hydrogen) atoms. The first-order chi connectivity index (χ1) is 13.5. The molecule has 0 unspecified atom stereocenters. The minimum absolute atomic E-state index is 0.00220. The quantitative estimate of drug-likeness (QED) is 0.748. The lowest BCUT2D eigenvalue weighted by Crippen LogP contribution is -2.42. The van der Waals surface area contributed by atoms with Crippen molar-refractivity contribution in [1.29, 1.82) is 0 Å². The Labute approximate surface area is 162 Å². The molecule has 1 aliphatic carbocycles. The minimum Gasteiger partial charge on any atom is -0.334 e. The number of Topliss-reactive ketones (excluding diaryl/α,β-unsaturated/α-hetero) is 1. The molecule has 2 aliphatic rings. The first kappa shape index (κ1) is 18.3. The van der Waals surface area contributed by atoms with Crippen molar-refractivity contribution in [2.45, 2.75) is 12.8 Å². The molecule has 0 aromatic heterocycles. The number of hydrogen-bond donors (Lipinski definition) is 0. The molecule has 0 N–H and O–H groups in total. The topological polar surface area (TPSA) is 37.4 Å². The predicted molar refractivity (Wildman–Crippen MR) is 103 cm³/mol. The summed E-state index contributed by atoms with van der Waals surface area (Å²) in [5.41, 5.74) is 1.23. The molecule has 0 spiro atoms. The van der Waals surface area contributed by atoms with Crippen LogP contribution in [0.4, 0.5) is 8.78 Å². The maximum Gasteiger partial charge on any atom is 0.226 e. The number of rotatable bonds is 3. The van der Waals surface area contributed by atoms with Crippen molar-refractivity contribution in [2.24, 2.45) is 5.92 Å². The average molecular weight is 379 g/mol. The standard InChI is InChI=1S/C23H19F2NO2/c24-20-7-3-1-5-16(20)11-18-13-26(23(28)15-9-10-15)14-19(22(18)27)12-17-6-2-4-8-21(17)25/h1-8,11-12,15H,9-10,13-14H2/b18-11+,19-12+. The first-order valence-electron chi connectivity index (χ1n) is 9.26. The Bertz CT molecular complexity index is 938. The molecule has 1 aliphatic heterocycles. The largest absolute Gasteiger partial charge is 0.334 e. The van der Waals surface area contributed by atoms with E-state index < -0.39 is 11.6 Å². The summed E-state index contributed by atoms with van der Waals surface area (Å²) in [5, 5.41) is 0. The van der Waals surface area contributed by atoms with E-state index in [1.165, 1.54) is 24.3 Å². The highest BCUT2D eigenvalue weighted by molar-refractivity contribution is 6.15. The Kier molecular flexibility index (Phi) is 4.90. The van der Waals surface area contributed by atoms with E-state index in [1.54, 1.807) is 41.3 Å². The minimum atomic E-state index is -0.437. The lowest BCUT2D eigenvalue weighted by molar-refractivity contribution is -0.132. The van der Waals surface area contributed by atoms with Gasteiger partial charge in [-0.25, -0.2) is 8.78 Å².